The van der Waals surface area contributed by atoms with Crippen LogP contribution in [-0.2, 0) is 0 Å². The minimum atomic E-state index is -0.350. The molecule has 20 heavy (non-hydrogen) atoms. The molecule has 0 saturated heterocycles. The van der Waals surface area contributed by atoms with Crippen molar-refractivity contribution in [2.75, 3.05) is 17.2 Å². The van der Waals surface area contributed by atoms with Crippen LogP contribution in [0.2, 0.25) is 0 Å². The van der Waals surface area contributed by atoms with Gasteiger partial charge >= 0.3 is 0 Å². The molecule has 2 rings (SSSR count). The molecule has 106 valence electrons. The van der Waals surface area contributed by atoms with Gasteiger partial charge in [0, 0.05) is 10.1 Å². The zero-order chi connectivity index (χ0) is 14.5. The summed E-state index contributed by atoms with van der Waals surface area (Å²) in [5.74, 6) is -0.689. The number of aromatic nitrogens is 2. The first-order chi connectivity index (χ1) is 9.60. The molecular weight excluding hydrogens is 394 g/mol. The van der Waals surface area contributed by atoms with Gasteiger partial charge in [0.2, 0.25) is 10.1 Å². The van der Waals surface area contributed by atoms with Crippen molar-refractivity contribution in [3.05, 3.63) is 32.6 Å². The summed E-state index contributed by atoms with van der Waals surface area (Å²) in [5.41, 5.74) is 0.551. The zero-order valence-electron chi connectivity index (χ0n) is 10.6. The molecule has 1 aromatic carbocycles. The monoisotopic (exact) mass is 406 g/mol. The highest BCUT2D eigenvalue weighted by molar-refractivity contribution is 14.1. The number of amides is 1. The van der Waals surface area contributed by atoms with Gasteiger partial charge < -0.3 is 10.6 Å². The SMILES string of the molecule is CCCNc1nnc(C(=O)Nc2ccc(F)cc2I)s1. The van der Waals surface area contributed by atoms with E-state index in [0.29, 0.717) is 14.4 Å². The highest BCUT2D eigenvalue weighted by Crippen LogP contribution is 2.21. The van der Waals surface area contributed by atoms with E-state index in [1.165, 1.54) is 29.5 Å². The van der Waals surface area contributed by atoms with Gasteiger partial charge in [-0.1, -0.05) is 18.3 Å². The van der Waals surface area contributed by atoms with E-state index < -0.39 is 0 Å². The summed E-state index contributed by atoms with van der Waals surface area (Å²) in [7, 11) is 0. The van der Waals surface area contributed by atoms with E-state index in [9.17, 15) is 9.18 Å². The number of hydrogen-bond acceptors (Lipinski definition) is 5. The van der Waals surface area contributed by atoms with Crippen LogP contribution in [0.1, 0.15) is 23.1 Å². The first-order valence-corrected chi connectivity index (χ1v) is 7.83. The Labute approximate surface area is 133 Å². The van der Waals surface area contributed by atoms with Gasteiger partial charge in [-0.05, 0) is 47.2 Å². The molecule has 0 unspecified atom stereocenters. The third-order valence-corrected chi connectivity index (χ3v) is 4.10. The fourth-order valence-electron chi connectivity index (χ4n) is 1.38. The molecule has 8 heteroatoms. The van der Waals surface area contributed by atoms with E-state index in [-0.39, 0.29) is 16.7 Å². The molecule has 2 N–H and O–H groups in total. The van der Waals surface area contributed by atoms with Crippen molar-refractivity contribution in [1.29, 1.82) is 0 Å². The number of nitrogens with one attached hydrogen (secondary N) is 2. The summed E-state index contributed by atoms with van der Waals surface area (Å²) in [6, 6.07) is 4.17. The quantitative estimate of drug-likeness (QED) is 0.748. The molecule has 0 spiro atoms. The fraction of sp³-hybridized carbons (Fsp3) is 0.250. The van der Waals surface area contributed by atoms with Gasteiger partial charge in [-0.15, -0.1) is 10.2 Å². The molecule has 2 aromatic rings. The van der Waals surface area contributed by atoms with Crippen LogP contribution in [0.15, 0.2) is 18.2 Å². The number of carbonyl (C=O) groups excluding carboxylic acids is 1. The summed E-state index contributed by atoms with van der Waals surface area (Å²) >= 11 is 3.15. The summed E-state index contributed by atoms with van der Waals surface area (Å²) in [4.78, 5) is 12.0. The Bertz CT molecular complexity index is 619. The summed E-state index contributed by atoms with van der Waals surface area (Å²) in [6.07, 6.45) is 0.967. The van der Waals surface area contributed by atoms with Gasteiger partial charge in [0.1, 0.15) is 5.82 Å². The van der Waals surface area contributed by atoms with E-state index in [1.807, 2.05) is 29.5 Å². The molecule has 1 amide bonds. The van der Waals surface area contributed by atoms with E-state index in [2.05, 4.69) is 20.8 Å². The maximum absolute atomic E-state index is 13.0. The predicted octanol–water partition coefficient (Wildman–Crippen LogP) is 3.36. The molecule has 0 aliphatic rings. The van der Waals surface area contributed by atoms with Crippen molar-refractivity contribution in [3.8, 4) is 0 Å². The highest BCUT2D eigenvalue weighted by Gasteiger charge is 2.14. The Morgan fingerprint density at radius 2 is 2.25 bits per heavy atom. The zero-order valence-corrected chi connectivity index (χ0v) is 13.6. The minimum Gasteiger partial charge on any atom is -0.360 e. The van der Waals surface area contributed by atoms with Gasteiger partial charge in [-0.2, -0.15) is 0 Å². The second-order valence-electron chi connectivity index (χ2n) is 3.92. The van der Waals surface area contributed by atoms with Crippen molar-refractivity contribution in [2.24, 2.45) is 0 Å². The second-order valence-corrected chi connectivity index (χ2v) is 6.06. The summed E-state index contributed by atoms with van der Waals surface area (Å²) in [6.45, 7) is 2.82. The Morgan fingerprint density at radius 3 is 2.95 bits per heavy atom. The van der Waals surface area contributed by atoms with Crippen molar-refractivity contribution in [2.45, 2.75) is 13.3 Å². The lowest BCUT2D eigenvalue weighted by Gasteiger charge is -2.05. The van der Waals surface area contributed by atoms with Crippen LogP contribution in [0.5, 0.6) is 0 Å². The van der Waals surface area contributed by atoms with Crippen LogP contribution in [0.3, 0.4) is 0 Å². The van der Waals surface area contributed by atoms with Gasteiger partial charge in [0.15, 0.2) is 0 Å². The third-order valence-electron chi connectivity index (χ3n) is 2.32. The van der Waals surface area contributed by atoms with Crippen LogP contribution >= 0.6 is 33.9 Å². The standard InChI is InChI=1S/C12H12FIN4OS/c1-2-5-15-12-18-17-11(20-12)10(19)16-9-4-3-7(13)6-8(9)14/h3-4,6H,2,5H2,1H3,(H,15,18)(H,16,19). The van der Waals surface area contributed by atoms with Crippen LogP contribution in [0.25, 0.3) is 0 Å². The molecule has 0 radical (unpaired) electrons. The van der Waals surface area contributed by atoms with Crippen molar-refractivity contribution in [1.82, 2.24) is 10.2 Å². The fourth-order valence-corrected chi connectivity index (χ4v) is 2.66. The number of benzene rings is 1. The second kappa shape index (κ2) is 6.93. The summed E-state index contributed by atoms with van der Waals surface area (Å²) < 4.78 is 13.6. The van der Waals surface area contributed by atoms with Crippen molar-refractivity contribution in [3.63, 3.8) is 0 Å². The van der Waals surface area contributed by atoms with Crippen LogP contribution in [0, 0.1) is 9.39 Å². The normalized spacial score (nSPS) is 10.3. The number of hydrogen-bond donors (Lipinski definition) is 2. The summed E-state index contributed by atoms with van der Waals surface area (Å²) in [5, 5.41) is 14.4. The Hall–Kier alpha value is -1.29. The smallest absolute Gasteiger partial charge is 0.286 e. The molecule has 0 aliphatic carbocycles. The lowest BCUT2D eigenvalue weighted by atomic mass is 10.3. The van der Waals surface area contributed by atoms with Gasteiger partial charge in [0.05, 0.1) is 5.69 Å². The van der Waals surface area contributed by atoms with E-state index >= 15 is 0 Å². The van der Waals surface area contributed by atoms with E-state index in [0.717, 1.165) is 13.0 Å². The molecule has 0 aliphatic heterocycles. The van der Waals surface area contributed by atoms with Gasteiger partial charge in [0.25, 0.3) is 5.91 Å². The maximum atomic E-state index is 13.0. The first-order valence-electron chi connectivity index (χ1n) is 5.94. The predicted molar refractivity (Wildman–Crippen MR) is 85.8 cm³/mol. The van der Waals surface area contributed by atoms with Crippen molar-refractivity contribution < 1.29 is 9.18 Å². The number of nitrogens with zero attached hydrogens (tertiary/aromatic N) is 2. The largest absolute Gasteiger partial charge is 0.360 e. The molecule has 0 fully saturated rings. The topological polar surface area (TPSA) is 66.9 Å². The van der Waals surface area contributed by atoms with Gasteiger partial charge in [-0.3, -0.25) is 4.79 Å². The van der Waals surface area contributed by atoms with E-state index in [4.69, 9.17) is 0 Å². The highest BCUT2D eigenvalue weighted by atomic mass is 127. The van der Waals surface area contributed by atoms with Crippen LogP contribution in [-0.4, -0.2) is 22.6 Å². The average Bonchev–Trinajstić information content (AvgIpc) is 2.88. The Balaban J connectivity index is 2.06. The van der Waals surface area contributed by atoms with Crippen LogP contribution < -0.4 is 10.6 Å². The lowest BCUT2D eigenvalue weighted by molar-refractivity contribution is 0.102. The molecule has 1 aromatic heterocycles. The maximum Gasteiger partial charge on any atom is 0.286 e. The molecule has 1 heterocycles. The molecule has 0 atom stereocenters. The van der Waals surface area contributed by atoms with Crippen LogP contribution in [0.4, 0.5) is 15.2 Å². The Kier molecular flexibility index (Phi) is 5.24. The number of halogens is 2. The third kappa shape index (κ3) is 3.85. The molecule has 0 bridgehead atoms. The molecule has 0 saturated carbocycles. The molecular formula is C12H12FIN4OS. The lowest BCUT2D eigenvalue weighted by Crippen LogP contribution is -2.12. The first kappa shape index (κ1) is 15.1. The number of anilines is 2. The minimum absolute atomic E-state index is 0.267. The van der Waals surface area contributed by atoms with Gasteiger partial charge in [-0.25, -0.2) is 4.39 Å². The van der Waals surface area contributed by atoms with Crippen molar-refractivity contribution >= 4 is 50.7 Å². The Morgan fingerprint density at radius 1 is 1.45 bits per heavy atom. The van der Waals surface area contributed by atoms with E-state index in [1.54, 1.807) is 0 Å². The molecule has 5 nitrogen and oxygen atoms in total. The average molecular weight is 406 g/mol. The number of rotatable bonds is 5. The number of carbonyl (C=O) groups is 1.